The van der Waals surface area contributed by atoms with Crippen molar-refractivity contribution < 1.29 is 14.4 Å². The van der Waals surface area contributed by atoms with Crippen LogP contribution in [-0.2, 0) is 23.2 Å². The van der Waals surface area contributed by atoms with Crippen LogP contribution in [0.15, 0.2) is 18.2 Å². The number of fused-ring (bicyclic) bond motifs is 1. The van der Waals surface area contributed by atoms with Crippen LogP contribution in [0.4, 0.5) is 5.95 Å². The summed E-state index contributed by atoms with van der Waals surface area (Å²) in [5.41, 5.74) is 2.65. The summed E-state index contributed by atoms with van der Waals surface area (Å²) in [6.45, 7) is 6.86. The second-order valence-corrected chi connectivity index (χ2v) is 9.78. The highest BCUT2D eigenvalue weighted by molar-refractivity contribution is 6.05. The number of hydrogen-bond acceptors (Lipinski definition) is 6. The molecule has 2 aromatic rings. The summed E-state index contributed by atoms with van der Waals surface area (Å²) < 4.78 is 1.82. The van der Waals surface area contributed by atoms with Gasteiger partial charge in [0.2, 0.25) is 17.8 Å². The zero-order valence-electron chi connectivity index (χ0n) is 18.7. The fraction of sp³-hybridized carbons (Fsp3) is 0.522. The highest BCUT2D eigenvalue weighted by atomic mass is 16.2. The van der Waals surface area contributed by atoms with Crippen LogP contribution in [0.2, 0.25) is 0 Å². The van der Waals surface area contributed by atoms with Crippen molar-refractivity contribution in [3.8, 4) is 11.4 Å². The minimum atomic E-state index is -0.612. The van der Waals surface area contributed by atoms with Crippen molar-refractivity contribution in [3.05, 3.63) is 29.3 Å². The van der Waals surface area contributed by atoms with E-state index in [1.54, 1.807) is 11.0 Å². The number of piperidine rings is 2. The molecule has 9 nitrogen and oxygen atoms in total. The number of hydrogen-bond donors (Lipinski definition) is 1. The molecule has 5 rings (SSSR count). The molecule has 0 bridgehead atoms. The van der Waals surface area contributed by atoms with E-state index in [2.05, 4.69) is 29.2 Å². The van der Waals surface area contributed by atoms with E-state index in [0.29, 0.717) is 29.8 Å². The molecule has 1 aromatic heterocycles. The lowest BCUT2D eigenvalue weighted by Gasteiger charge is -2.37. The van der Waals surface area contributed by atoms with Gasteiger partial charge in [-0.15, -0.1) is 5.10 Å². The average molecular weight is 437 g/mol. The van der Waals surface area contributed by atoms with E-state index in [0.717, 1.165) is 43.0 Å². The van der Waals surface area contributed by atoms with E-state index in [1.165, 1.54) is 0 Å². The molecule has 0 saturated carbocycles. The monoisotopic (exact) mass is 436 g/mol. The van der Waals surface area contributed by atoms with Crippen molar-refractivity contribution in [3.63, 3.8) is 0 Å². The summed E-state index contributed by atoms with van der Waals surface area (Å²) in [6, 6.07) is 4.98. The molecular weight excluding hydrogens is 408 g/mol. The smallest absolute Gasteiger partial charge is 0.255 e. The van der Waals surface area contributed by atoms with Gasteiger partial charge in [0.15, 0.2) is 5.82 Å². The van der Waals surface area contributed by atoms with Gasteiger partial charge in [0.1, 0.15) is 6.04 Å². The Kier molecular flexibility index (Phi) is 4.79. The van der Waals surface area contributed by atoms with Crippen molar-refractivity contribution >= 4 is 23.7 Å². The number of imide groups is 1. The predicted octanol–water partition coefficient (Wildman–Crippen LogP) is 1.87. The molecule has 3 aliphatic heterocycles. The maximum Gasteiger partial charge on any atom is 0.255 e. The van der Waals surface area contributed by atoms with Crippen molar-refractivity contribution in [2.45, 2.75) is 52.1 Å². The van der Waals surface area contributed by atoms with Gasteiger partial charge in [0.25, 0.3) is 5.91 Å². The van der Waals surface area contributed by atoms with Crippen LogP contribution >= 0.6 is 0 Å². The number of amides is 3. The Morgan fingerprint density at radius 3 is 2.59 bits per heavy atom. The summed E-state index contributed by atoms with van der Waals surface area (Å²) in [7, 11) is 1.91. The van der Waals surface area contributed by atoms with E-state index in [-0.39, 0.29) is 18.2 Å². The maximum atomic E-state index is 12.9. The quantitative estimate of drug-likeness (QED) is 0.738. The highest BCUT2D eigenvalue weighted by Gasteiger charge is 2.39. The topological polar surface area (TPSA) is 100 Å². The molecule has 4 heterocycles. The number of aryl methyl sites for hydroxylation is 1. The number of aromatic nitrogens is 3. The average Bonchev–Trinajstić information content (AvgIpc) is 3.28. The first-order valence-corrected chi connectivity index (χ1v) is 11.2. The third-order valence-corrected chi connectivity index (χ3v) is 6.92. The standard InChI is InChI=1S/C23H28N6O3/c1-23(2)8-10-28(11-9-23)22-25-19(26-27(22)3)14-4-5-16-15(12-14)13-29(21(16)32)17-6-7-18(30)24-20(17)31/h4-5,12,17H,6-11,13H2,1-3H3,(H,24,30,31). The zero-order valence-corrected chi connectivity index (χ0v) is 18.7. The second-order valence-electron chi connectivity index (χ2n) is 9.78. The number of nitrogens with zero attached hydrogens (tertiary/aromatic N) is 5. The Balaban J connectivity index is 1.37. The third-order valence-electron chi connectivity index (χ3n) is 6.92. The first-order chi connectivity index (χ1) is 15.2. The Hall–Kier alpha value is -3.23. The van der Waals surface area contributed by atoms with Gasteiger partial charge in [-0.2, -0.15) is 4.98 Å². The molecule has 32 heavy (non-hydrogen) atoms. The van der Waals surface area contributed by atoms with E-state index in [9.17, 15) is 14.4 Å². The molecule has 2 fully saturated rings. The summed E-state index contributed by atoms with van der Waals surface area (Å²) in [5.74, 6) is 0.626. The van der Waals surface area contributed by atoms with Crippen LogP contribution in [0.5, 0.6) is 0 Å². The van der Waals surface area contributed by atoms with E-state index in [4.69, 9.17) is 4.98 Å². The Labute approximate surface area is 186 Å². The zero-order chi connectivity index (χ0) is 22.6. The van der Waals surface area contributed by atoms with Gasteiger partial charge in [0.05, 0.1) is 0 Å². The predicted molar refractivity (Wildman–Crippen MR) is 118 cm³/mol. The van der Waals surface area contributed by atoms with Gasteiger partial charge in [-0.1, -0.05) is 19.9 Å². The van der Waals surface area contributed by atoms with Crippen molar-refractivity contribution in [2.24, 2.45) is 12.5 Å². The minimum Gasteiger partial charge on any atom is -0.341 e. The van der Waals surface area contributed by atoms with Crippen LogP contribution in [0.3, 0.4) is 0 Å². The van der Waals surface area contributed by atoms with Gasteiger partial charge in [0, 0.05) is 44.2 Å². The van der Waals surface area contributed by atoms with Crippen LogP contribution in [-0.4, -0.2) is 56.5 Å². The Morgan fingerprint density at radius 1 is 1.12 bits per heavy atom. The lowest BCUT2D eigenvalue weighted by Crippen LogP contribution is -2.52. The Morgan fingerprint density at radius 2 is 1.88 bits per heavy atom. The van der Waals surface area contributed by atoms with Crippen LogP contribution in [0.1, 0.15) is 55.5 Å². The molecule has 1 atom stereocenters. The normalized spacial score (nSPS) is 22.8. The first-order valence-electron chi connectivity index (χ1n) is 11.2. The number of benzene rings is 1. The Bertz CT molecular complexity index is 1110. The molecule has 3 aliphatic rings. The van der Waals surface area contributed by atoms with E-state index in [1.807, 2.05) is 23.9 Å². The number of nitrogens with one attached hydrogen (secondary N) is 1. The molecule has 1 aromatic carbocycles. The molecule has 1 N–H and O–H groups in total. The third kappa shape index (κ3) is 3.55. The van der Waals surface area contributed by atoms with Gasteiger partial charge in [-0.3, -0.25) is 19.7 Å². The molecule has 1 unspecified atom stereocenters. The number of rotatable bonds is 3. The highest BCUT2D eigenvalue weighted by Crippen LogP contribution is 2.33. The van der Waals surface area contributed by atoms with Crippen molar-refractivity contribution in [1.29, 1.82) is 0 Å². The molecule has 3 amide bonds. The van der Waals surface area contributed by atoms with E-state index >= 15 is 0 Å². The lowest BCUT2D eigenvalue weighted by molar-refractivity contribution is -0.136. The van der Waals surface area contributed by atoms with Crippen LogP contribution in [0, 0.1) is 5.41 Å². The van der Waals surface area contributed by atoms with Gasteiger partial charge < -0.3 is 9.80 Å². The summed E-state index contributed by atoms with van der Waals surface area (Å²) in [6.07, 6.45) is 2.84. The number of carbonyl (C=O) groups is 3. The molecule has 0 spiro atoms. The number of anilines is 1. The van der Waals surface area contributed by atoms with Gasteiger partial charge >= 0.3 is 0 Å². The largest absolute Gasteiger partial charge is 0.341 e. The molecule has 168 valence electrons. The summed E-state index contributed by atoms with van der Waals surface area (Å²) >= 11 is 0. The summed E-state index contributed by atoms with van der Waals surface area (Å²) in [4.78, 5) is 45.3. The minimum absolute atomic E-state index is 0.174. The SMILES string of the molecule is Cn1nc(-c2ccc3c(c2)CN(C2CCC(=O)NC2=O)C3=O)nc1N1CCC(C)(C)CC1. The molecule has 0 aliphatic carbocycles. The molecule has 0 radical (unpaired) electrons. The van der Waals surface area contributed by atoms with Crippen LogP contribution in [0.25, 0.3) is 11.4 Å². The van der Waals surface area contributed by atoms with E-state index < -0.39 is 11.9 Å². The first kappa shape index (κ1) is 20.7. The summed E-state index contributed by atoms with van der Waals surface area (Å²) in [5, 5.41) is 6.97. The molecular formula is C23H28N6O3. The molecule has 9 heteroatoms. The molecule has 2 saturated heterocycles. The van der Waals surface area contributed by atoms with Gasteiger partial charge in [-0.25, -0.2) is 4.68 Å². The number of carbonyl (C=O) groups excluding carboxylic acids is 3. The maximum absolute atomic E-state index is 12.9. The van der Waals surface area contributed by atoms with Crippen LogP contribution < -0.4 is 10.2 Å². The lowest BCUT2D eigenvalue weighted by atomic mass is 9.83. The fourth-order valence-electron chi connectivity index (χ4n) is 4.80. The van der Waals surface area contributed by atoms with Gasteiger partial charge in [-0.05, 0) is 42.4 Å². The fourth-order valence-corrected chi connectivity index (χ4v) is 4.80. The second kappa shape index (κ2) is 7.43. The van der Waals surface area contributed by atoms with Crippen molar-refractivity contribution in [1.82, 2.24) is 25.0 Å². The van der Waals surface area contributed by atoms with Crippen molar-refractivity contribution in [2.75, 3.05) is 18.0 Å².